The Labute approximate surface area is 159 Å². The van der Waals surface area contributed by atoms with Gasteiger partial charge in [0.2, 0.25) is 0 Å². The first kappa shape index (κ1) is 16.8. The van der Waals surface area contributed by atoms with E-state index in [1.165, 1.54) is 0 Å². The van der Waals surface area contributed by atoms with Crippen LogP contribution in [0.5, 0.6) is 0 Å². The van der Waals surface area contributed by atoms with Gasteiger partial charge in [-0.1, -0.05) is 24.3 Å². The number of carbonyl (C=O) groups excluding carboxylic acids is 1. The van der Waals surface area contributed by atoms with Crippen LogP contribution in [0.3, 0.4) is 0 Å². The van der Waals surface area contributed by atoms with Crippen LogP contribution >= 0.6 is 23.1 Å². The second-order valence-corrected chi connectivity index (χ2v) is 7.45. The molecule has 0 fully saturated rings. The van der Waals surface area contributed by atoms with E-state index in [9.17, 15) is 4.79 Å². The molecule has 1 N–H and O–H groups in total. The molecule has 128 valence electrons. The average Bonchev–Trinajstić information content (AvgIpc) is 3.12. The van der Waals surface area contributed by atoms with Gasteiger partial charge in [0.15, 0.2) is 0 Å². The van der Waals surface area contributed by atoms with Crippen molar-refractivity contribution < 1.29 is 4.79 Å². The highest BCUT2D eigenvalue weighted by Crippen LogP contribution is 2.30. The van der Waals surface area contributed by atoms with E-state index in [-0.39, 0.29) is 5.91 Å². The number of hydrogen-bond acceptors (Lipinski definition) is 5. The fourth-order valence-corrected chi connectivity index (χ4v) is 4.16. The van der Waals surface area contributed by atoms with Gasteiger partial charge in [-0.3, -0.25) is 4.79 Å². The number of aromatic nitrogens is 2. The van der Waals surface area contributed by atoms with Gasteiger partial charge in [-0.2, -0.15) is 0 Å². The van der Waals surface area contributed by atoms with Gasteiger partial charge in [0, 0.05) is 16.7 Å². The normalized spacial score (nSPS) is 10.8. The maximum absolute atomic E-state index is 12.5. The predicted octanol–water partition coefficient (Wildman–Crippen LogP) is 5.33. The maximum Gasteiger partial charge on any atom is 0.257 e. The Kier molecular flexibility index (Phi) is 4.69. The number of thioether (sulfide) groups is 1. The van der Waals surface area contributed by atoms with E-state index in [0.29, 0.717) is 11.4 Å². The number of anilines is 1. The molecule has 2 heterocycles. The minimum atomic E-state index is -0.157. The number of nitrogens with one attached hydrogen (secondary N) is 1. The molecule has 4 aromatic rings. The molecule has 0 spiro atoms. The van der Waals surface area contributed by atoms with Crippen LogP contribution < -0.4 is 5.32 Å². The molecule has 0 bridgehead atoms. The summed E-state index contributed by atoms with van der Waals surface area (Å²) in [5.41, 5.74) is 2.57. The second kappa shape index (κ2) is 7.27. The summed E-state index contributed by atoms with van der Waals surface area (Å²) in [6.45, 7) is 0. The molecule has 0 saturated heterocycles. The van der Waals surface area contributed by atoms with Crippen LogP contribution in [0.4, 0.5) is 5.82 Å². The second-order valence-electron chi connectivity index (χ2n) is 5.57. The monoisotopic (exact) mass is 377 g/mol. The number of para-hydroxylation sites is 1. The number of nitrogens with zero attached hydrogens (tertiary/aromatic N) is 2. The highest BCUT2D eigenvalue weighted by Gasteiger charge is 2.12. The zero-order chi connectivity index (χ0) is 17.9. The number of amides is 1. The Morgan fingerprint density at radius 1 is 1.04 bits per heavy atom. The Bertz CT molecular complexity index is 1040. The van der Waals surface area contributed by atoms with Gasteiger partial charge in [0.1, 0.15) is 10.8 Å². The maximum atomic E-state index is 12.5. The van der Waals surface area contributed by atoms with Crippen molar-refractivity contribution >= 4 is 45.0 Å². The molecule has 4 rings (SSSR count). The third kappa shape index (κ3) is 3.34. The third-order valence-electron chi connectivity index (χ3n) is 3.90. The average molecular weight is 377 g/mol. The predicted molar refractivity (Wildman–Crippen MR) is 109 cm³/mol. The Morgan fingerprint density at radius 3 is 2.62 bits per heavy atom. The quantitative estimate of drug-likeness (QED) is 0.488. The van der Waals surface area contributed by atoms with Crippen molar-refractivity contribution in [1.82, 2.24) is 9.97 Å². The number of pyridine rings is 1. The molecule has 26 heavy (non-hydrogen) atoms. The van der Waals surface area contributed by atoms with E-state index in [1.807, 2.05) is 54.8 Å². The van der Waals surface area contributed by atoms with Gasteiger partial charge < -0.3 is 5.32 Å². The molecule has 1 amide bonds. The van der Waals surface area contributed by atoms with E-state index in [2.05, 4.69) is 21.4 Å². The van der Waals surface area contributed by atoms with Gasteiger partial charge in [-0.15, -0.1) is 23.1 Å². The minimum absolute atomic E-state index is 0.157. The summed E-state index contributed by atoms with van der Waals surface area (Å²) in [6, 6.07) is 19.3. The molecule has 0 aliphatic carbocycles. The van der Waals surface area contributed by atoms with E-state index < -0.39 is 0 Å². The van der Waals surface area contributed by atoms with E-state index >= 15 is 0 Å². The third-order valence-corrected chi connectivity index (χ3v) is 5.78. The van der Waals surface area contributed by atoms with E-state index in [4.69, 9.17) is 0 Å². The lowest BCUT2D eigenvalue weighted by molar-refractivity contribution is 0.102. The van der Waals surface area contributed by atoms with E-state index in [1.54, 1.807) is 35.4 Å². The minimum Gasteiger partial charge on any atom is -0.307 e. The molecular weight excluding hydrogens is 362 g/mol. The number of rotatable bonds is 4. The molecule has 2 aromatic heterocycles. The van der Waals surface area contributed by atoms with Crippen LogP contribution in [0, 0.1) is 0 Å². The van der Waals surface area contributed by atoms with Crippen LogP contribution in [-0.4, -0.2) is 22.1 Å². The molecule has 0 unspecified atom stereocenters. The number of thiazole rings is 1. The summed E-state index contributed by atoms with van der Waals surface area (Å²) in [5, 5.41) is 3.78. The summed E-state index contributed by atoms with van der Waals surface area (Å²) in [6.07, 6.45) is 3.70. The van der Waals surface area contributed by atoms with Crippen LogP contribution in [0.1, 0.15) is 10.4 Å². The fraction of sp³-hybridized carbons (Fsp3) is 0.0500. The van der Waals surface area contributed by atoms with Crippen molar-refractivity contribution in [3.8, 4) is 10.6 Å². The standard InChI is InChI=1S/C20H15N3OS2/c1-25-16-8-4-2-6-14(16)19(24)23-18-11-10-13(12-21-18)20-22-15-7-3-5-9-17(15)26-20/h2-12H,1H3,(H,21,23,24). The molecular formula is C20H15N3OS2. The van der Waals surface area contributed by atoms with Crippen LogP contribution in [0.15, 0.2) is 71.8 Å². The zero-order valence-electron chi connectivity index (χ0n) is 14.0. The Balaban J connectivity index is 1.55. The topological polar surface area (TPSA) is 54.9 Å². The molecule has 2 aromatic carbocycles. The van der Waals surface area contributed by atoms with Crippen molar-refractivity contribution in [2.24, 2.45) is 0 Å². The first-order valence-electron chi connectivity index (χ1n) is 8.01. The Morgan fingerprint density at radius 2 is 1.85 bits per heavy atom. The lowest BCUT2D eigenvalue weighted by Crippen LogP contribution is -2.13. The van der Waals surface area contributed by atoms with Crippen LogP contribution in [-0.2, 0) is 0 Å². The van der Waals surface area contributed by atoms with Gasteiger partial charge in [0.25, 0.3) is 5.91 Å². The molecule has 0 saturated carbocycles. The fourth-order valence-electron chi connectivity index (χ4n) is 2.61. The van der Waals surface area contributed by atoms with Crippen molar-refractivity contribution in [1.29, 1.82) is 0 Å². The molecule has 4 nitrogen and oxygen atoms in total. The summed E-state index contributed by atoms with van der Waals surface area (Å²) in [5.74, 6) is 0.367. The van der Waals surface area contributed by atoms with Gasteiger partial charge >= 0.3 is 0 Å². The number of benzene rings is 2. The summed E-state index contributed by atoms with van der Waals surface area (Å²) in [7, 11) is 0. The largest absolute Gasteiger partial charge is 0.307 e. The first-order chi connectivity index (χ1) is 12.7. The first-order valence-corrected chi connectivity index (χ1v) is 10.0. The molecule has 0 radical (unpaired) electrons. The van der Waals surface area contributed by atoms with Gasteiger partial charge in [-0.25, -0.2) is 9.97 Å². The van der Waals surface area contributed by atoms with Crippen molar-refractivity contribution in [2.75, 3.05) is 11.6 Å². The van der Waals surface area contributed by atoms with Crippen molar-refractivity contribution in [3.63, 3.8) is 0 Å². The van der Waals surface area contributed by atoms with Crippen LogP contribution in [0.2, 0.25) is 0 Å². The summed E-state index contributed by atoms with van der Waals surface area (Å²) in [4.78, 5) is 22.4. The summed E-state index contributed by atoms with van der Waals surface area (Å²) < 4.78 is 1.15. The van der Waals surface area contributed by atoms with Crippen molar-refractivity contribution in [2.45, 2.75) is 4.90 Å². The molecule has 6 heteroatoms. The van der Waals surface area contributed by atoms with Gasteiger partial charge in [-0.05, 0) is 42.7 Å². The van der Waals surface area contributed by atoms with Gasteiger partial charge in [0.05, 0.1) is 15.8 Å². The molecule has 0 atom stereocenters. The zero-order valence-corrected chi connectivity index (χ0v) is 15.6. The highest BCUT2D eigenvalue weighted by molar-refractivity contribution is 7.98. The number of fused-ring (bicyclic) bond motifs is 1. The van der Waals surface area contributed by atoms with Crippen LogP contribution in [0.25, 0.3) is 20.8 Å². The van der Waals surface area contributed by atoms with E-state index in [0.717, 1.165) is 25.7 Å². The Hall–Kier alpha value is -2.70. The lowest BCUT2D eigenvalue weighted by atomic mass is 10.2. The molecule has 0 aliphatic heterocycles. The highest BCUT2D eigenvalue weighted by atomic mass is 32.2. The lowest BCUT2D eigenvalue weighted by Gasteiger charge is -2.08. The number of hydrogen-bond donors (Lipinski definition) is 1. The number of carbonyl (C=O) groups is 1. The SMILES string of the molecule is CSc1ccccc1C(=O)Nc1ccc(-c2nc3ccccc3s2)cn1. The summed E-state index contributed by atoms with van der Waals surface area (Å²) >= 11 is 3.18. The smallest absolute Gasteiger partial charge is 0.257 e. The molecule has 0 aliphatic rings. The van der Waals surface area contributed by atoms with Crippen molar-refractivity contribution in [3.05, 3.63) is 72.4 Å².